The molecule has 1 aromatic carbocycles. The first-order valence-electron chi connectivity index (χ1n) is 9.37. The molecule has 6 nitrogen and oxygen atoms in total. The van der Waals surface area contributed by atoms with Crippen LogP contribution < -0.4 is 5.32 Å². The quantitative estimate of drug-likeness (QED) is 0.721. The lowest BCUT2D eigenvalue weighted by Gasteiger charge is -2.32. The van der Waals surface area contributed by atoms with Crippen LogP contribution in [0.1, 0.15) is 24.8 Å². The zero-order chi connectivity index (χ0) is 19.1. The third-order valence-corrected chi connectivity index (χ3v) is 4.88. The molecule has 1 aromatic heterocycles. The van der Waals surface area contributed by atoms with Crippen LogP contribution in [-0.2, 0) is 22.6 Å². The van der Waals surface area contributed by atoms with E-state index >= 15 is 0 Å². The summed E-state index contributed by atoms with van der Waals surface area (Å²) in [6.45, 7) is 2.35. The molecular weight excluding hydrogens is 347 g/mol. The van der Waals surface area contributed by atoms with E-state index in [2.05, 4.69) is 10.3 Å². The molecule has 2 heterocycles. The van der Waals surface area contributed by atoms with Crippen molar-refractivity contribution in [2.75, 3.05) is 19.6 Å². The molecule has 144 valence electrons. The number of carbonyl (C=O) groups excluding carboxylic acids is 2. The molecule has 2 amide bonds. The summed E-state index contributed by atoms with van der Waals surface area (Å²) in [5, 5.41) is 2.97. The van der Waals surface area contributed by atoms with E-state index in [0.717, 1.165) is 18.5 Å². The molecule has 1 saturated heterocycles. The lowest BCUT2D eigenvalue weighted by atomic mass is 9.96. The number of carbonyl (C=O) groups is 2. The second kappa shape index (κ2) is 9.30. The van der Waals surface area contributed by atoms with Crippen LogP contribution in [0.2, 0.25) is 0 Å². The Morgan fingerprint density at radius 3 is 3.00 bits per heavy atom. The van der Waals surface area contributed by atoms with Crippen molar-refractivity contribution in [2.24, 2.45) is 5.92 Å². The number of piperidine rings is 1. The summed E-state index contributed by atoms with van der Waals surface area (Å²) in [6.07, 6.45) is 7.77. The van der Waals surface area contributed by atoms with Gasteiger partial charge in [0.2, 0.25) is 11.8 Å². The minimum Gasteiger partial charge on any atom is -0.356 e. The Hall–Kier alpha value is -2.70. The first-order valence-corrected chi connectivity index (χ1v) is 9.37. The van der Waals surface area contributed by atoms with Crippen LogP contribution in [0.3, 0.4) is 0 Å². The number of nitrogens with one attached hydrogen (secondary N) is 1. The smallest absolute Gasteiger partial charge is 0.224 e. The minimum atomic E-state index is -0.273. The molecule has 1 aliphatic heterocycles. The van der Waals surface area contributed by atoms with Gasteiger partial charge in [-0.2, -0.15) is 0 Å². The predicted octanol–water partition coefficient (Wildman–Crippen LogP) is 2.01. The van der Waals surface area contributed by atoms with Gasteiger partial charge < -0.3 is 14.8 Å². The van der Waals surface area contributed by atoms with Crippen LogP contribution in [0.5, 0.6) is 0 Å². The zero-order valence-corrected chi connectivity index (χ0v) is 15.3. The third kappa shape index (κ3) is 5.64. The number of likely N-dealkylation sites (tertiary alicyclic amines) is 1. The van der Waals surface area contributed by atoms with Crippen LogP contribution in [0.15, 0.2) is 43.0 Å². The monoisotopic (exact) mass is 372 g/mol. The lowest BCUT2D eigenvalue weighted by molar-refractivity contribution is -0.138. The Balaban J connectivity index is 1.42. The van der Waals surface area contributed by atoms with Crippen molar-refractivity contribution in [3.63, 3.8) is 0 Å². The van der Waals surface area contributed by atoms with Crippen LogP contribution in [0.4, 0.5) is 4.39 Å². The SMILES string of the molecule is O=C(NCCCn1ccnc1)[C@@H]1CCC(=O)N(CCc2cccc(F)c2)C1. The topological polar surface area (TPSA) is 67.2 Å². The highest BCUT2D eigenvalue weighted by atomic mass is 19.1. The van der Waals surface area contributed by atoms with Gasteiger partial charge in [-0.05, 0) is 37.0 Å². The van der Waals surface area contributed by atoms with Gasteiger partial charge in [0.25, 0.3) is 0 Å². The van der Waals surface area contributed by atoms with Gasteiger partial charge in [-0.15, -0.1) is 0 Å². The van der Waals surface area contributed by atoms with Crippen LogP contribution >= 0.6 is 0 Å². The number of aromatic nitrogens is 2. The van der Waals surface area contributed by atoms with E-state index in [1.807, 2.05) is 16.8 Å². The fourth-order valence-electron chi connectivity index (χ4n) is 3.34. The number of aryl methyl sites for hydroxylation is 1. The first kappa shape index (κ1) is 19.1. The summed E-state index contributed by atoms with van der Waals surface area (Å²) in [6, 6.07) is 6.41. The van der Waals surface area contributed by atoms with Crippen LogP contribution in [0.25, 0.3) is 0 Å². The van der Waals surface area contributed by atoms with E-state index in [9.17, 15) is 14.0 Å². The van der Waals surface area contributed by atoms with Crippen molar-refractivity contribution in [1.82, 2.24) is 19.8 Å². The molecule has 0 unspecified atom stereocenters. The summed E-state index contributed by atoms with van der Waals surface area (Å²) >= 11 is 0. The number of halogens is 1. The van der Waals surface area contributed by atoms with Gasteiger partial charge in [-0.1, -0.05) is 12.1 Å². The van der Waals surface area contributed by atoms with E-state index < -0.39 is 0 Å². The predicted molar refractivity (Wildman–Crippen MR) is 99.3 cm³/mol. The Labute approximate surface area is 158 Å². The van der Waals surface area contributed by atoms with Crippen molar-refractivity contribution < 1.29 is 14.0 Å². The van der Waals surface area contributed by atoms with Crippen LogP contribution in [0, 0.1) is 11.7 Å². The molecule has 27 heavy (non-hydrogen) atoms. The number of hydrogen-bond donors (Lipinski definition) is 1. The average molecular weight is 372 g/mol. The molecular formula is C20H25FN4O2. The highest BCUT2D eigenvalue weighted by molar-refractivity contribution is 5.83. The Morgan fingerprint density at radius 2 is 2.22 bits per heavy atom. The Morgan fingerprint density at radius 1 is 1.33 bits per heavy atom. The Kier molecular flexibility index (Phi) is 6.57. The van der Waals surface area contributed by atoms with Gasteiger partial charge in [0.15, 0.2) is 0 Å². The molecule has 7 heteroatoms. The lowest BCUT2D eigenvalue weighted by Crippen LogP contribution is -2.46. The van der Waals surface area contributed by atoms with Gasteiger partial charge in [-0.3, -0.25) is 9.59 Å². The number of imidazole rings is 1. The maximum Gasteiger partial charge on any atom is 0.224 e. The first-order chi connectivity index (χ1) is 13.1. The highest BCUT2D eigenvalue weighted by Gasteiger charge is 2.29. The van der Waals surface area contributed by atoms with Gasteiger partial charge in [0.05, 0.1) is 12.2 Å². The highest BCUT2D eigenvalue weighted by Crippen LogP contribution is 2.18. The largest absolute Gasteiger partial charge is 0.356 e. The molecule has 3 rings (SSSR count). The van der Waals surface area contributed by atoms with E-state index in [4.69, 9.17) is 0 Å². The molecule has 0 aliphatic carbocycles. The molecule has 0 bridgehead atoms. The van der Waals surface area contributed by atoms with E-state index in [-0.39, 0.29) is 23.5 Å². The maximum atomic E-state index is 13.3. The van der Waals surface area contributed by atoms with Crippen LogP contribution in [-0.4, -0.2) is 45.9 Å². The zero-order valence-electron chi connectivity index (χ0n) is 15.3. The molecule has 1 atom stereocenters. The molecule has 1 N–H and O–H groups in total. The molecule has 1 fully saturated rings. The normalized spacial score (nSPS) is 17.1. The van der Waals surface area contributed by atoms with Crippen molar-refractivity contribution in [3.8, 4) is 0 Å². The fraction of sp³-hybridized carbons (Fsp3) is 0.450. The summed E-state index contributed by atoms with van der Waals surface area (Å²) in [7, 11) is 0. The molecule has 0 radical (unpaired) electrons. The van der Waals surface area contributed by atoms with Gasteiger partial charge in [0.1, 0.15) is 5.82 Å². The average Bonchev–Trinajstić information content (AvgIpc) is 3.18. The fourth-order valence-corrected chi connectivity index (χ4v) is 3.34. The molecule has 0 spiro atoms. The van der Waals surface area contributed by atoms with Gasteiger partial charge in [0, 0.05) is 45.0 Å². The summed E-state index contributed by atoms with van der Waals surface area (Å²) in [5.74, 6) is -0.381. The number of benzene rings is 1. The molecule has 2 aromatic rings. The standard InChI is InChI=1S/C20H25FN4O2/c21-18-4-1-3-16(13-18)7-11-25-14-17(5-6-19(25)26)20(27)23-8-2-10-24-12-9-22-15-24/h1,3-4,9,12-13,15,17H,2,5-8,10-11,14H2,(H,23,27)/t17-/m1/s1. The van der Waals surface area contributed by atoms with Gasteiger partial charge >= 0.3 is 0 Å². The van der Waals surface area contributed by atoms with E-state index in [1.165, 1.54) is 12.1 Å². The number of rotatable bonds is 8. The summed E-state index contributed by atoms with van der Waals surface area (Å²) < 4.78 is 15.2. The molecule has 1 aliphatic rings. The maximum absolute atomic E-state index is 13.3. The van der Waals surface area contributed by atoms with E-state index in [1.54, 1.807) is 23.5 Å². The van der Waals surface area contributed by atoms with Gasteiger partial charge in [-0.25, -0.2) is 9.37 Å². The minimum absolute atomic E-state index is 0.00360. The van der Waals surface area contributed by atoms with Crippen molar-refractivity contribution in [3.05, 3.63) is 54.4 Å². The number of amides is 2. The summed E-state index contributed by atoms with van der Waals surface area (Å²) in [4.78, 5) is 30.3. The number of hydrogen-bond acceptors (Lipinski definition) is 3. The van der Waals surface area contributed by atoms with Crippen molar-refractivity contribution >= 4 is 11.8 Å². The number of nitrogens with zero attached hydrogens (tertiary/aromatic N) is 3. The summed E-state index contributed by atoms with van der Waals surface area (Å²) in [5.41, 5.74) is 0.855. The van der Waals surface area contributed by atoms with Crippen molar-refractivity contribution in [1.29, 1.82) is 0 Å². The second-order valence-electron chi connectivity index (χ2n) is 6.90. The third-order valence-electron chi connectivity index (χ3n) is 4.88. The molecule has 0 saturated carbocycles. The van der Waals surface area contributed by atoms with E-state index in [0.29, 0.717) is 38.9 Å². The second-order valence-corrected chi connectivity index (χ2v) is 6.90. The Bertz CT molecular complexity index is 763. The van der Waals surface area contributed by atoms with Crippen molar-refractivity contribution in [2.45, 2.75) is 32.2 Å².